The Balaban J connectivity index is 1.61. The average molecular weight is 440 g/mol. The molecule has 2 atom stereocenters. The lowest BCUT2D eigenvalue weighted by Crippen LogP contribution is -2.28. The highest BCUT2D eigenvalue weighted by Gasteiger charge is 2.32. The largest absolute Gasteiger partial charge is 0.481 e. The lowest BCUT2D eigenvalue weighted by atomic mass is 9.93. The minimum atomic E-state index is -0.929. The van der Waals surface area contributed by atoms with Crippen molar-refractivity contribution in [2.45, 2.75) is 37.8 Å². The molecule has 0 aliphatic carbocycles. The number of carboxylic acids is 1. The van der Waals surface area contributed by atoms with Gasteiger partial charge in [0, 0.05) is 17.9 Å². The van der Waals surface area contributed by atoms with E-state index in [1.54, 1.807) is 4.68 Å². The Morgan fingerprint density at radius 3 is 2.61 bits per heavy atom. The summed E-state index contributed by atoms with van der Waals surface area (Å²) in [7, 11) is 0. The number of aliphatic carboxylic acids is 1. The van der Waals surface area contributed by atoms with E-state index in [9.17, 15) is 9.59 Å². The predicted octanol–water partition coefficient (Wildman–Crippen LogP) is 4.27. The number of anilines is 2. The lowest BCUT2D eigenvalue weighted by Gasteiger charge is -2.32. The van der Waals surface area contributed by atoms with Crippen LogP contribution < -0.4 is 10.6 Å². The molecule has 3 aromatic rings. The van der Waals surface area contributed by atoms with Crippen molar-refractivity contribution in [1.82, 2.24) is 14.8 Å². The average Bonchev–Trinajstić information content (AvgIpc) is 3.16. The summed E-state index contributed by atoms with van der Waals surface area (Å²) in [4.78, 5) is 27.3. The maximum Gasteiger partial charge on any atom is 0.303 e. The number of nitrogens with zero attached hydrogens (tertiary/aromatic N) is 3. The second-order valence-corrected chi connectivity index (χ2v) is 7.79. The van der Waals surface area contributed by atoms with Crippen LogP contribution in [0, 0.1) is 0 Å². The van der Waals surface area contributed by atoms with Gasteiger partial charge in [0.2, 0.25) is 11.9 Å². The van der Waals surface area contributed by atoms with Crippen LogP contribution in [0.4, 0.5) is 11.9 Å². The van der Waals surface area contributed by atoms with E-state index in [2.05, 4.69) is 32.8 Å². The third kappa shape index (κ3) is 4.86. The van der Waals surface area contributed by atoms with Crippen LogP contribution in [0.2, 0.25) is 5.02 Å². The molecular weight excluding hydrogens is 418 g/mol. The molecule has 4 rings (SSSR count). The van der Waals surface area contributed by atoms with E-state index in [1.165, 1.54) is 0 Å². The molecule has 0 bridgehead atoms. The van der Waals surface area contributed by atoms with E-state index in [0.717, 1.165) is 11.1 Å². The summed E-state index contributed by atoms with van der Waals surface area (Å²) >= 11 is 6.49. The number of nitrogens with one attached hydrogen (secondary N) is 2. The fourth-order valence-corrected chi connectivity index (χ4v) is 3.99. The minimum absolute atomic E-state index is 0.00158. The van der Waals surface area contributed by atoms with Crippen molar-refractivity contribution in [3.05, 3.63) is 70.7 Å². The fourth-order valence-electron chi connectivity index (χ4n) is 3.73. The Morgan fingerprint density at radius 2 is 1.87 bits per heavy atom. The zero-order valence-electron chi connectivity index (χ0n) is 16.7. The van der Waals surface area contributed by atoms with Gasteiger partial charge in [-0.2, -0.15) is 4.98 Å². The van der Waals surface area contributed by atoms with Crippen molar-refractivity contribution in [2.24, 2.45) is 0 Å². The topological polar surface area (TPSA) is 109 Å². The number of fused-ring (bicyclic) bond motifs is 1. The van der Waals surface area contributed by atoms with Crippen molar-refractivity contribution in [1.29, 1.82) is 0 Å². The van der Waals surface area contributed by atoms with Crippen molar-refractivity contribution in [2.75, 3.05) is 10.6 Å². The van der Waals surface area contributed by atoms with Gasteiger partial charge in [-0.05, 0) is 30.0 Å². The van der Waals surface area contributed by atoms with Crippen LogP contribution in [0.25, 0.3) is 0 Å². The molecular formula is C22H22ClN5O3. The molecule has 0 spiro atoms. The molecule has 0 saturated carbocycles. The summed E-state index contributed by atoms with van der Waals surface area (Å²) in [5, 5.41) is 19.9. The zero-order chi connectivity index (χ0) is 21.8. The third-order valence-electron chi connectivity index (χ3n) is 5.20. The van der Waals surface area contributed by atoms with Crippen LogP contribution in [-0.4, -0.2) is 31.7 Å². The van der Waals surface area contributed by atoms with E-state index in [1.807, 2.05) is 42.5 Å². The number of halogens is 1. The van der Waals surface area contributed by atoms with Crippen molar-refractivity contribution >= 4 is 35.4 Å². The van der Waals surface area contributed by atoms with Crippen LogP contribution in [-0.2, 0) is 9.59 Å². The molecule has 31 heavy (non-hydrogen) atoms. The van der Waals surface area contributed by atoms with Crippen LogP contribution in [0.15, 0.2) is 54.6 Å². The van der Waals surface area contributed by atoms with Gasteiger partial charge in [-0.25, -0.2) is 4.68 Å². The molecule has 9 heteroatoms. The number of hydrogen-bond acceptors (Lipinski definition) is 5. The molecule has 0 saturated heterocycles. The van der Waals surface area contributed by atoms with Crippen LogP contribution in [0.5, 0.6) is 0 Å². The zero-order valence-corrected chi connectivity index (χ0v) is 17.4. The molecule has 1 aromatic heterocycles. The van der Waals surface area contributed by atoms with Gasteiger partial charge >= 0.3 is 5.97 Å². The molecule has 8 nitrogen and oxygen atoms in total. The van der Waals surface area contributed by atoms with E-state index in [-0.39, 0.29) is 43.2 Å². The van der Waals surface area contributed by atoms with Gasteiger partial charge in [0.25, 0.3) is 5.95 Å². The number of hydrogen-bond donors (Lipinski definition) is 3. The van der Waals surface area contributed by atoms with Crippen LogP contribution in [0.1, 0.15) is 48.9 Å². The van der Waals surface area contributed by atoms with Crippen molar-refractivity contribution in [3.8, 4) is 0 Å². The predicted molar refractivity (Wildman–Crippen MR) is 117 cm³/mol. The maximum absolute atomic E-state index is 12.2. The Morgan fingerprint density at radius 1 is 1.13 bits per heavy atom. The highest BCUT2D eigenvalue weighted by atomic mass is 35.5. The first-order chi connectivity index (χ1) is 15.0. The standard InChI is InChI=1S/C22H22ClN5O3/c23-16-10-5-4-9-15(16)18-13-17(14-7-2-1-3-8-14)24-22-26-21(27-28(18)22)25-19(29)11-6-12-20(30)31/h1-5,7-10,17-18H,6,11-13H2,(H,30,31)(H2,24,25,26,27,29)/t17-,18+/m0/s1. The number of carbonyl (C=O) groups is 2. The molecule has 160 valence electrons. The van der Waals surface area contributed by atoms with Gasteiger partial charge < -0.3 is 10.4 Å². The number of aromatic nitrogens is 3. The summed E-state index contributed by atoms with van der Waals surface area (Å²) in [5.74, 6) is -0.542. The minimum Gasteiger partial charge on any atom is -0.481 e. The molecule has 0 unspecified atom stereocenters. The Hall–Kier alpha value is -3.39. The Kier molecular flexibility index (Phi) is 6.18. The Bertz CT molecular complexity index is 1090. The lowest BCUT2D eigenvalue weighted by molar-refractivity contribution is -0.137. The molecule has 3 N–H and O–H groups in total. The van der Waals surface area contributed by atoms with Gasteiger partial charge in [0.15, 0.2) is 0 Å². The van der Waals surface area contributed by atoms with E-state index in [0.29, 0.717) is 17.4 Å². The van der Waals surface area contributed by atoms with Gasteiger partial charge in [0.05, 0.1) is 12.1 Å². The second-order valence-electron chi connectivity index (χ2n) is 7.38. The molecule has 0 fully saturated rings. The SMILES string of the molecule is O=C(O)CCCC(=O)Nc1nc2n(n1)[C@@H](c1ccccc1Cl)C[C@@H](c1ccccc1)N2. The molecule has 2 heterocycles. The molecule has 1 aliphatic rings. The van der Waals surface area contributed by atoms with Gasteiger partial charge in [-0.3, -0.25) is 14.9 Å². The smallest absolute Gasteiger partial charge is 0.303 e. The fraction of sp³-hybridized carbons (Fsp3) is 0.273. The van der Waals surface area contributed by atoms with E-state index >= 15 is 0 Å². The van der Waals surface area contributed by atoms with Gasteiger partial charge in [-0.15, -0.1) is 5.10 Å². The molecule has 2 aromatic carbocycles. The highest BCUT2D eigenvalue weighted by molar-refractivity contribution is 6.31. The first kappa shape index (κ1) is 20.9. The van der Waals surface area contributed by atoms with Crippen LogP contribution >= 0.6 is 11.6 Å². The summed E-state index contributed by atoms with van der Waals surface area (Å²) in [6.07, 6.45) is 0.987. The molecule has 0 radical (unpaired) electrons. The van der Waals surface area contributed by atoms with Gasteiger partial charge in [-0.1, -0.05) is 60.1 Å². The van der Waals surface area contributed by atoms with Crippen molar-refractivity contribution < 1.29 is 14.7 Å². The summed E-state index contributed by atoms with van der Waals surface area (Å²) in [5.41, 5.74) is 2.05. The summed E-state index contributed by atoms with van der Waals surface area (Å²) in [6.45, 7) is 0. The maximum atomic E-state index is 12.2. The first-order valence-corrected chi connectivity index (χ1v) is 10.4. The first-order valence-electron chi connectivity index (χ1n) is 10.1. The number of rotatable bonds is 7. The number of benzene rings is 2. The second kappa shape index (κ2) is 9.18. The van der Waals surface area contributed by atoms with Gasteiger partial charge in [0.1, 0.15) is 0 Å². The van der Waals surface area contributed by atoms with Crippen LogP contribution in [0.3, 0.4) is 0 Å². The Labute approximate surface area is 184 Å². The summed E-state index contributed by atoms with van der Waals surface area (Å²) < 4.78 is 1.74. The molecule has 1 aliphatic heterocycles. The number of carbonyl (C=O) groups excluding carboxylic acids is 1. The number of amides is 1. The summed E-state index contributed by atoms with van der Waals surface area (Å²) in [6, 6.07) is 17.5. The number of carboxylic acid groups (broad SMARTS) is 1. The monoisotopic (exact) mass is 439 g/mol. The third-order valence-corrected chi connectivity index (χ3v) is 5.54. The van der Waals surface area contributed by atoms with E-state index in [4.69, 9.17) is 16.7 Å². The highest BCUT2D eigenvalue weighted by Crippen LogP contribution is 2.40. The normalized spacial score (nSPS) is 17.5. The quantitative estimate of drug-likeness (QED) is 0.507. The van der Waals surface area contributed by atoms with E-state index < -0.39 is 5.97 Å². The van der Waals surface area contributed by atoms with Crippen molar-refractivity contribution in [3.63, 3.8) is 0 Å². The molecule has 1 amide bonds.